The normalized spacial score (nSPS) is 15.2. The molecule has 6 rings (SSSR count). The van der Waals surface area contributed by atoms with Crippen LogP contribution in [0.25, 0.3) is 22.3 Å². The van der Waals surface area contributed by atoms with E-state index in [9.17, 15) is 0 Å². The summed E-state index contributed by atoms with van der Waals surface area (Å²) in [6.07, 6.45) is 0. The first-order chi connectivity index (χ1) is 14.3. The fourth-order valence-electron chi connectivity index (χ4n) is 5.52. The summed E-state index contributed by atoms with van der Waals surface area (Å²) in [4.78, 5) is 0. The first kappa shape index (κ1) is 16.8. The minimum absolute atomic E-state index is 0.971. The van der Waals surface area contributed by atoms with Crippen LogP contribution in [-0.4, -0.2) is 14.2 Å². The van der Waals surface area contributed by atoms with Gasteiger partial charge in [0.05, 0.1) is 0 Å². The Bertz CT molecular complexity index is 1190. The molecule has 0 aliphatic carbocycles. The summed E-state index contributed by atoms with van der Waals surface area (Å²) in [6, 6.07) is 30.7. The van der Waals surface area contributed by atoms with E-state index in [1.54, 1.807) is 14.2 Å². The SMILES string of the molecule is COc1cccc2c1[PH]1(c3ccccc3-2)c2ccccc2-c2cccc(OC)c21. The van der Waals surface area contributed by atoms with Crippen molar-refractivity contribution in [1.82, 2.24) is 0 Å². The topological polar surface area (TPSA) is 18.5 Å². The van der Waals surface area contributed by atoms with Gasteiger partial charge in [0.25, 0.3) is 0 Å². The Morgan fingerprint density at radius 1 is 0.483 bits per heavy atom. The molecular formula is C26H21O2P. The van der Waals surface area contributed by atoms with Crippen LogP contribution in [0.4, 0.5) is 0 Å². The van der Waals surface area contributed by atoms with Crippen molar-refractivity contribution in [3.63, 3.8) is 0 Å². The van der Waals surface area contributed by atoms with Crippen molar-refractivity contribution >= 4 is 28.5 Å². The van der Waals surface area contributed by atoms with Crippen molar-refractivity contribution in [3.05, 3.63) is 84.9 Å². The predicted molar refractivity (Wildman–Crippen MR) is 124 cm³/mol. The molecule has 2 aliphatic rings. The van der Waals surface area contributed by atoms with E-state index in [0.717, 1.165) is 11.5 Å². The van der Waals surface area contributed by atoms with Crippen LogP contribution >= 0.6 is 7.26 Å². The Kier molecular flexibility index (Phi) is 3.45. The summed E-state index contributed by atoms with van der Waals surface area (Å²) in [5, 5.41) is 5.55. The van der Waals surface area contributed by atoms with E-state index < -0.39 is 7.26 Å². The zero-order valence-electron chi connectivity index (χ0n) is 16.4. The van der Waals surface area contributed by atoms with Crippen LogP contribution in [-0.2, 0) is 0 Å². The van der Waals surface area contributed by atoms with E-state index in [2.05, 4.69) is 84.9 Å². The third-order valence-electron chi connectivity index (χ3n) is 6.48. The van der Waals surface area contributed by atoms with Gasteiger partial charge in [-0.05, 0) is 0 Å². The van der Waals surface area contributed by atoms with Crippen LogP contribution in [0.2, 0.25) is 0 Å². The summed E-state index contributed by atoms with van der Waals surface area (Å²) >= 11 is 0. The standard InChI is InChI=1S/C26H21O2P/c1-27-21-13-7-11-19-17-9-3-5-15-23(17)29(25(19)21)24-16-6-4-10-18(24)20-12-8-14-22(28-2)26(20)29/h3-16,29H,1-2H3. The molecule has 0 amide bonds. The molecule has 4 aromatic rings. The molecule has 2 heterocycles. The van der Waals surface area contributed by atoms with E-state index in [4.69, 9.17) is 9.47 Å². The van der Waals surface area contributed by atoms with Crippen LogP contribution in [0.3, 0.4) is 0 Å². The molecule has 0 unspecified atom stereocenters. The van der Waals surface area contributed by atoms with E-state index in [1.807, 2.05) is 0 Å². The van der Waals surface area contributed by atoms with Gasteiger partial charge in [0.2, 0.25) is 0 Å². The molecule has 0 aromatic heterocycles. The van der Waals surface area contributed by atoms with Gasteiger partial charge >= 0.3 is 171 Å². The van der Waals surface area contributed by atoms with Gasteiger partial charge in [0, 0.05) is 0 Å². The molecule has 0 saturated heterocycles. The first-order valence-corrected chi connectivity index (χ1v) is 11.9. The van der Waals surface area contributed by atoms with E-state index >= 15 is 0 Å². The number of methoxy groups -OCH3 is 2. The molecule has 2 aliphatic heterocycles. The Labute approximate surface area is 171 Å². The summed E-state index contributed by atoms with van der Waals surface area (Å²) in [5.41, 5.74) is 5.23. The number of hydrogen-bond acceptors (Lipinski definition) is 2. The van der Waals surface area contributed by atoms with Crippen molar-refractivity contribution in [3.8, 4) is 33.8 Å². The zero-order chi connectivity index (χ0) is 19.6. The average Bonchev–Trinajstić information content (AvgIpc) is 3.26. The molecule has 3 heteroatoms. The number of benzene rings is 4. The van der Waals surface area contributed by atoms with Gasteiger partial charge in [-0.3, -0.25) is 0 Å². The molecule has 29 heavy (non-hydrogen) atoms. The molecule has 2 nitrogen and oxygen atoms in total. The molecule has 142 valence electrons. The average molecular weight is 396 g/mol. The van der Waals surface area contributed by atoms with Crippen LogP contribution < -0.4 is 30.7 Å². The van der Waals surface area contributed by atoms with Crippen LogP contribution in [0.1, 0.15) is 0 Å². The predicted octanol–water partition coefficient (Wildman–Crippen LogP) is 4.02. The van der Waals surface area contributed by atoms with E-state index in [0.29, 0.717) is 0 Å². The third-order valence-corrected chi connectivity index (χ3v) is 11.5. The minimum atomic E-state index is -2.53. The maximum absolute atomic E-state index is 5.97. The summed E-state index contributed by atoms with van der Waals surface area (Å²) in [6.45, 7) is 0. The maximum atomic E-state index is 5.97. The zero-order valence-corrected chi connectivity index (χ0v) is 17.4. The van der Waals surface area contributed by atoms with Crippen LogP contribution in [0.15, 0.2) is 84.9 Å². The second-order valence-corrected chi connectivity index (χ2v) is 11.2. The molecule has 0 atom stereocenters. The molecule has 0 fully saturated rings. The van der Waals surface area contributed by atoms with Gasteiger partial charge in [-0.15, -0.1) is 0 Å². The van der Waals surface area contributed by atoms with Crippen molar-refractivity contribution in [2.45, 2.75) is 0 Å². The van der Waals surface area contributed by atoms with Gasteiger partial charge < -0.3 is 0 Å². The quantitative estimate of drug-likeness (QED) is 0.412. The van der Waals surface area contributed by atoms with Gasteiger partial charge in [-0.25, -0.2) is 0 Å². The monoisotopic (exact) mass is 396 g/mol. The number of fused-ring (bicyclic) bond motifs is 10. The molecular weight excluding hydrogens is 375 g/mol. The van der Waals surface area contributed by atoms with Crippen LogP contribution in [0.5, 0.6) is 11.5 Å². The first-order valence-electron chi connectivity index (χ1n) is 9.87. The molecule has 0 saturated carbocycles. The fourth-order valence-corrected chi connectivity index (χ4v) is 11.4. The van der Waals surface area contributed by atoms with Gasteiger partial charge in [-0.1, -0.05) is 0 Å². The van der Waals surface area contributed by atoms with Crippen molar-refractivity contribution in [1.29, 1.82) is 0 Å². The summed E-state index contributed by atoms with van der Waals surface area (Å²) in [5.74, 6) is 1.94. The fraction of sp³-hybridized carbons (Fsp3) is 0.0769. The van der Waals surface area contributed by atoms with Gasteiger partial charge in [0.1, 0.15) is 0 Å². The molecule has 0 bridgehead atoms. The Balaban J connectivity index is 1.90. The molecule has 1 spiro atoms. The second-order valence-electron chi connectivity index (χ2n) is 7.61. The molecule has 0 radical (unpaired) electrons. The van der Waals surface area contributed by atoms with Crippen molar-refractivity contribution < 1.29 is 9.47 Å². The number of hydrogen-bond donors (Lipinski definition) is 0. The number of rotatable bonds is 2. The Morgan fingerprint density at radius 3 is 1.34 bits per heavy atom. The van der Waals surface area contributed by atoms with Gasteiger partial charge in [-0.2, -0.15) is 0 Å². The number of ether oxygens (including phenoxy) is 2. The summed E-state index contributed by atoms with van der Waals surface area (Å²) < 4.78 is 11.9. The molecule has 0 N–H and O–H groups in total. The Morgan fingerprint density at radius 2 is 0.897 bits per heavy atom. The third kappa shape index (κ3) is 1.90. The van der Waals surface area contributed by atoms with Gasteiger partial charge in [0.15, 0.2) is 0 Å². The van der Waals surface area contributed by atoms with E-state index in [-0.39, 0.29) is 0 Å². The second kappa shape index (κ2) is 5.95. The summed E-state index contributed by atoms with van der Waals surface area (Å²) in [7, 11) is 1.03. The Hall–Kier alpha value is -3.09. The van der Waals surface area contributed by atoms with Crippen LogP contribution in [0, 0.1) is 0 Å². The van der Waals surface area contributed by atoms with E-state index in [1.165, 1.54) is 43.5 Å². The van der Waals surface area contributed by atoms with Crippen molar-refractivity contribution in [2.24, 2.45) is 0 Å². The molecule has 4 aromatic carbocycles. The van der Waals surface area contributed by atoms with Crippen molar-refractivity contribution in [2.75, 3.05) is 14.2 Å².